The summed E-state index contributed by atoms with van der Waals surface area (Å²) in [5.41, 5.74) is -0.0243. The molecule has 0 bridgehead atoms. The maximum absolute atomic E-state index is 8.98. The summed E-state index contributed by atoms with van der Waals surface area (Å²) in [6.45, 7) is 2.14. The van der Waals surface area contributed by atoms with E-state index in [1.807, 2.05) is 7.05 Å². The van der Waals surface area contributed by atoms with E-state index in [1.165, 1.54) is 6.42 Å². The lowest BCUT2D eigenvalue weighted by Gasteiger charge is -2.41. The normalized spacial score (nSPS) is 23.4. The standard InChI is InChI=1S/C9H16N2/c1-3-8(11-2)9(7-10)5-4-6-9/h8,11H,3-6H2,1-2H3. The molecule has 0 heterocycles. The second-order valence-corrected chi connectivity index (χ2v) is 3.37. The van der Waals surface area contributed by atoms with E-state index in [-0.39, 0.29) is 5.41 Å². The number of hydrogen-bond donors (Lipinski definition) is 1. The molecule has 0 aromatic heterocycles. The van der Waals surface area contributed by atoms with Gasteiger partial charge in [0.15, 0.2) is 0 Å². The Balaban J connectivity index is 2.61. The van der Waals surface area contributed by atoms with Crippen LogP contribution in [0.5, 0.6) is 0 Å². The molecule has 1 aliphatic carbocycles. The topological polar surface area (TPSA) is 35.8 Å². The quantitative estimate of drug-likeness (QED) is 0.667. The van der Waals surface area contributed by atoms with Gasteiger partial charge in [-0.2, -0.15) is 5.26 Å². The van der Waals surface area contributed by atoms with Gasteiger partial charge >= 0.3 is 0 Å². The second-order valence-electron chi connectivity index (χ2n) is 3.37. The highest BCUT2D eigenvalue weighted by atomic mass is 14.9. The Hall–Kier alpha value is -0.550. The highest BCUT2D eigenvalue weighted by molar-refractivity contribution is 5.10. The molecular formula is C9H16N2. The van der Waals surface area contributed by atoms with E-state index in [0.717, 1.165) is 19.3 Å². The van der Waals surface area contributed by atoms with Gasteiger partial charge in [-0.25, -0.2) is 0 Å². The van der Waals surface area contributed by atoms with Crippen LogP contribution in [-0.2, 0) is 0 Å². The largest absolute Gasteiger partial charge is 0.315 e. The summed E-state index contributed by atoms with van der Waals surface area (Å²) < 4.78 is 0. The highest BCUT2D eigenvalue weighted by Crippen LogP contribution is 2.43. The molecule has 0 saturated heterocycles. The van der Waals surface area contributed by atoms with Crippen LogP contribution in [0.4, 0.5) is 0 Å². The Kier molecular flexibility index (Phi) is 2.51. The summed E-state index contributed by atoms with van der Waals surface area (Å²) in [7, 11) is 1.95. The van der Waals surface area contributed by atoms with Gasteiger partial charge in [-0.05, 0) is 26.3 Å². The molecule has 0 aromatic rings. The Labute approximate surface area is 68.6 Å². The van der Waals surface area contributed by atoms with E-state index < -0.39 is 0 Å². The molecule has 0 aromatic carbocycles. The minimum absolute atomic E-state index is 0.0243. The zero-order valence-electron chi connectivity index (χ0n) is 7.35. The molecule has 1 aliphatic rings. The number of nitrogens with one attached hydrogen (secondary N) is 1. The van der Waals surface area contributed by atoms with Crippen molar-refractivity contribution >= 4 is 0 Å². The SMILES string of the molecule is CCC(NC)C1(C#N)CCC1. The number of rotatable bonds is 3. The summed E-state index contributed by atoms with van der Waals surface area (Å²) >= 11 is 0. The van der Waals surface area contributed by atoms with Crippen LogP contribution < -0.4 is 5.32 Å². The smallest absolute Gasteiger partial charge is 0.0726 e. The summed E-state index contributed by atoms with van der Waals surface area (Å²) in [6.07, 6.45) is 4.46. The number of nitrogens with zero attached hydrogens (tertiary/aromatic N) is 1. The van der Waals surface area contributed by atoms with Crippen molar-refractivity contribution in [1.29, 1.82) is 5.26 Å². The van der Waals surface area contributed by atoms with Gasteiger partial charge in [0.2, 0.25) is 0 Å². The van der Waals surface area contributed by atoms with E-state index in [1.54, 1.807) is 0 Å². The van der Waals surface area contributed by atoms with E-state index >= 15 is 0 Å². The lowest BCUT2D eigenvalue weighted by atomic mass is 9.64. The summed E-state index contributed by atoms with van der Waals surface area (Å²) in [5, 5.41) is 12.2. The third-order valence-electron chi connectivity index (χ3n) is 2.89. The van der Waals surface area contributed by atoms with Gasteiger partial charge in [0.1, 0.15) is 0 Å². The van der Waals surface area contributed by atoms with Crippen molar-refractivity contribution < 1.29 is 0 Å². The molecule has 62 valence electrons. The van der Waals surface area contributed by atoms with Gasteiger partial charge in [0.25, 0.3) is 0 Å². The second kappa shape index (κ2) is 3.23. The van der Waals surface area contributed by atoms with E-state index in [2.05, 4.69) is 18.3 Å². The van der Waals surface area contributed by atoms with E-state index in [4.69, 9.17) is 5.26 Å². The average Bonchev–Trinajstić information content (AvgIpc) is 1.96. The van der Waals surface area contributed by atoms with Crippen LogP contribution in [0.15, 0.2) is 0 Å². The summed E-state index contributed by atoms with van der Waals surface area (Å²) in [5.74, 6) is 0. The van der Waals surface area contributed by atoms with Crippen molar-refractivity contribution in [2.45, 2.75) is 38.6 Å². The van der Waals surface area contributed by atoms with Crippen LogP contribution in [0.1, 0.15) is 32.6 Å². The first-order valence-corrected chi connectivity index (χ1v) is 4.37. The Morgan fingerprint density at radius 1 is 1.64 bits per heavy atom. The van der Waals surface area contributed by atoms with E-state index in [9.17, 15) is 0 Å². The predicted octanol–water partition coefficient (Wildman–Crippen LogP) is 1.68. The van der Waals surface area contributed by atoms with Crippen molar-refractivity contribution in [3.8, 4) is 6.07 Å². The van der Waals surface area contributed by atoms with Crippen LogP contribution in [-0.4, -0.2) is 13.1 Å². The van der Waals surface area contributed by atoms with Crippen molar-refractivity contribution in [2.24, 2.45) is 5.41 Å². The van der Waals surface area contributed by atoms with Crippen LogP contribution in [0.25, 0.3) is 0 Å². The minimum Gasteiger partial charge on any atom is -0.315 e. The van der Waals surface area contributed by atoms with Crippen LogP contribution in [0, 0.1) is 16.7 Å². The molecule has 1 fully saturated rings. The molecule has 0 amide bonds. The summed E-state index contributed by atoms with van der Waals surface area (Å²) in [4.78, 5) is 0. The molecule has 1 atom stereocenters. The van der Waals surface area contributed by atoms with Crippen LogP contribution in [0.2, 0.25) is 0 Å². The molecule has 0 spiro atoms. The minimum atomic E-state index is -0.0243. The van der Waals surface area contributed by atoms with Gasteiger partial charge in [0.05, 0.1) is 11.5 Å². The first kappa shape index (κ1) is 8.55. The highest BCUT2D eigenvalue weighted by Gasteiger charge is 2.42. The maximum Gasteiger partial charge on any atom is 0.0726 e. The molecule has 1 saturated carbocycles. The fraction of sp³-hybridized carbons (Fsp3) is 0.889. The molecule has 2 nitrogen and oxygen atoms in total. The Morgan fingerprint density at radius 2 is 2.27 bits per heavy atom. The lowest BCUT2D eigenvalue weighted by Crippen LogP contribution is -2.46. The zero-order chi connectivity index (χ0) is 8.32. The average molecular weight is 152 g/mol. The molecule has 1 N–H and O–H groups in total. The third-order valence-corrected chi connectivity index (χ3v) is 2.89. The third kappa shape index (κ3) is 1.25. The Morgan fingerprint density at radius 3 is 2.36 bits per heavy atom. The van der Waals surface area contributed by atoms with Crippen LogP contribution in [0.3, 0.4) is 0 Å². The number of nitriles is 1. The molecular weight excluding hydrogens is 136 g/mol. The predicted molar refractivity (Wildman–Crippen MR) is 45.0 cm³/mol. The molecule has 2 heteroatoms. The van der Waals surface area contributed by atoms with Crippen LogP contribution >= 0.6 is 0 Å². The van der Waals surface area contributed by atoms with Crippen molar-refractivity contribution in [2.75, 3.05) is 7.05 Å². The van der Waals surface area contributed by atoms with Gasteiger partial charge in [0, 0.05) is 6.04 Å². The molecule has 1 rings (SSSR count). The van der Waals surface area contributed by atoms with Crippen molar-refractivity contribution in [3.63, 3.8) is 0 Å². The van der Waals surface area contributed by atoms with Crippen molar-refractivity contribution in [1.82, 2.24) is 5.32 Å². The maximum atomic E-state index is 8.98. The van der Waals surface area contributed by atoms with E-state index in [0.29, 0.717) is 6.04 Å². The van der Waals surface area contributed by atoms with Gasteiger partial charge < -0.3 is 5.32 Å². The number of hydrogen-bond acceptors (Lipinski definition) is 2. The van der Waals surface area contributed by atoms with Crippen molar-refractivity contribution in [3.05, 3.63) is 0 Å². The fourth-order valence-electron chi connectivity index (χ4n) is 1.97. The molecule has 0 aliphatic heterocycles. The Bertz CT molecular complexity index is 161. The monoisotopic (exact) mass is 152 g/mol. The molecule has 11 heavy (non-hydrogen) atoms. The van der Waals surface area contributed by atoms with Gasteiger partial charge in [-0.15, -0.1) is 0 Å². The van der Waals surface area contributed by atoms with Gasteiger partial charge in [-0.3, -0.25) is 0 Å². The first-order valence-electron chi connectivity index (χ1n) is 4.37. The fourth-order valence-corrected chi connectivity index (χ4v) is 1.97. The first-order chi connectivity index (χ1) is 5.29. The molecule has 1 unspecified atom stereocenters. The lowest BCUT2D eigenvalue weighted by molar-refractivity contribution is 0.145. The molecule has 0 radical (unpaired) electrons. The summed E-state index contributed by atoms with van der Waals surface area (Å²) in [6, 6.07) is 2.86. The zero-order valence-corrected chi connectivity index (χ0v) is 7.35. The van der Waals surface area contributed by atoms with Gasteiger partial charge in [-0.1, -0.05) is 13.3 Å².